The Hall–Kier alpha value is -1.48. The van der Waals surface area contributed by atoms with E-state index in [4.69, 9.17) is 0 Å². The normalized spacial score (nSPS) is 28.6. The van der Waals surface area contributed by atoms with Gasteiger partial charge in [-0.25, -0.2) is 12.7 Å². The third-order valence-electron chi connectivity index (χ3n) is 7.19. The van der Waals surface area contributed by atoms with Crippen molar-refractivity contribution < 1.29 is 13.2 Å². The molecule has 3 saturated heterocycles. The molecule has 8 heteroatoms. The van der Waals surface area contributed by atoms with Gasteiger partial charge in [0.1, 0.15) is 0 Å². The van der Waals surface area contributed by atoms with Crippen LogP contribution in [0.1, 0.15) is 31.4 Å². The predicted molar refractivity (Wildman–Crippen MR) is 122 cm³/mol. The van der Waals surface area contributed by atoms with Gasteiger partial charge in [-0.05, 0) is 30.5 Å². The van der Waals surface area contributed by atoms with Gasteiger partial charge in [0, 0.05) is 51.9 Å². The first kappa shape index (κ1) is 22.7. The largest absolute Gasteiger partial charge is 0.304 e. The summed E-state index contributed by atoms with van der Waals surface area (Å²) in [5, 5.41) is 0. The zero-order valence-corrected chi connectivity index (χ0v) is 20.0. The molecule has 172 valence electrons. The number of fused-ring (bicyclic) bond motifs is 1. The molecule has 3 atom stereocenters. The second-order valence-corrected chi connectivity index (χ2v) is 11.7. The van der Waals surface area contributed by atoms with Crippen molar-refractivity contribution in [2.75, 3.05) is 46.0 Å². The van der Waals surface area contributed by atoms with Crippen LogP contribution in [0.25, 0.3) is 0 Å². The molecule has 0 N–H and O–H groups in total. The lowest BCUT2D eigenvalue weighted by Crippen LogP contribution is -2.43. The molecule has 0 spiro atoms. The number of carbonyl (C=O) groups is 1. The number of likely N-dealkylation sites (N-methyl/N-ethyl adjacent to an activating group) is 1. The zero-order chi connectivity index (χ0) is 22.3. The molecule has 31 heavy (non-hydrogen) atoms. The number of nitrogens with zero attached hydrogens (tertiary/aromatic N) is 4. The van der Waals surface area contributed by atoms with Crippen molar-refractivity contribution in [2.45, 2.75) is 45.4 Å². The van der Waals surface area contributed by atoms with Crippen LogP contribution in [-0.2, 0) is 27.9 Å². The summed E-state index contributed by atoms with van der Waals surface area (Å²) in [5.74, 6) is -0.378. The van der Waals surface area contributed by atoms with Gasteiger partial charge in [0.15, 0.2) is 0 Å². The number of hydrogen-bond donors (Lipinski definition) is 0. The summed E-state index contributed by atoms with van der Waals surface area (Å²) in [6, 6.07) is 8.54. The van der Waals surface area contributed by atoms with Crippen molar-refractivity contribution in [2.24, 2.45) is 11.8 Å². The molecule has 0 saturated carbocycles. The number of benzene rings is 1. The third-order valence-corrected chi connectivity index (χ3v) is 8.35. The van der Waals surface area contributed by atoms with Crippen LogP contribution in [0.3, 0.4) is 0 Å². The molecule has 0 bridgehead atoms. The van der Waals surface area contributed by atoms with Gasteiger partial charge in [0.25, 0.3) is 0 Å². The lowest BCUT2D eigenvalue weighted by Gasteiger charge is -2.32. The fourth-order valence-electron chi connectivity index (χ4n) is 5.56. The van der Waals surface area contributed by atoms with Gasteiger partial charge in [-0.2, -0.15) is 0 Å². The van der Waals surface area contributed by atoms with Gasteiger partial charge >= 0.3 is 0 Å². The van der Waals surface area contributed by atoms with Gasteiger partial charge in [-0.1, -0.05) is 38.1 Å². The minimum absolute atomic E-state index is 0.0350. The van der Waals surface area contributed by atoms with Crippen LogP contribution in [-0.4, -0.2) is 91.4 Å². The molecule has 3 fully saturated rings. The smallest absolute Gasteiger partial charge is 0.241 e. The summed E-state index contributed by atoms with van der Waals surface area (Å²) < 4.78 is 25.8. The van der Waals surface area contributed by atoms with Crippen molar-refractivity contribution in [3.63, 3.8) is 0 Å². The molecule has 0 aromatic heterocycles. The molecule has 3 aliphatic rings. The van der Waals surface area contributed by atoms with Crippen LogP contribution in [0.5, 0.6) is 0 Å². The van der Waals surface area contributed by atoms with Gasteiger partial charge < -0.3 is 4.90 Å². The highest BCUT2D eigenvalue weighted by Gasteiger charge is 2.57. The second kappa shape index (κ2) is 8.81. The van der Waals surface area contributed by atoms with Gasteiger partial charge in [-0.3, -0.25) is 14.6 Å². The Balaban J connectivity index is 1.44. The van der Waals surface area contributed by atoms with E-state index in [1.165, 1.54) is 15.4 Å². The topological polar surface area (TPSA) is 64.2 Å². The van der Waals surface area contributed by atoms with E-state index >= 15 is 0 Å². The first-order valence-corrected chi connectivity index (χ1v) is 13.3. The second-order valence-electron chi connectivity index (χ2n) is 9.88. The number of likely N-dealkylation sites (tertiary alicyclic amines) is 1. The molecule has 3 aliphatic heterocycles. The number of piperazine rings is 1. The SMILES string of the molecule is CC(C)[C@H]1C(=O)N(S(C)(=O)=O)[C@H]2CCN(Cc3ccc(CN4CCN(C)CC4)cc3)[C@H]12. The highest BCUT2D eigenvalue weighted by molar-refractivity contribution is 7.88. The summed E-state index contributed by atoms with van der Waals surface area (Å²) in [6.07, 6.45) is 1.88. The minimum atomic E-state index is -3.54. The molecular formula is C23H36N4O3S. The molecule has 7 nitrogen and oxygen atoms in total. The van der Waals surface area contributed by atoms with Crippen molar-refractivity contribution in [3.8, 4) is 0 Å². The van der Waals surface area contributed by atoms with E-state index < -0.39 is 10.0 Å². The lowest BCUT2D eigenvalue weighted by molar-refractivity contribution is -0.129. The zero-order valence-electron chi connectivity index (χ0n) is 19.2. The van der Waals surface area contributed by atoms with E-state index in [2.05, 4.69) is 46.0 Å². The summed E-state index contributed by atoms with van der Waals surface area (Å²) in [7, 11) is -1.37. The minimum Gasteiger partial charge on any atom is -0.304 e. The fraction of sp³-hybridized carbons (Fsp3) is 0.696. The molecule has 1 aromatic carbocycles. The van der Waals surface area contributed by atoms with Crippen LogP contribution >= 0.6 is 0 Å². The van der Waals surface area contributed by atoms with E-state index in [-0.39, 0.29) is 29.8 Å². The third kappa shape index (κ3) is 4.67. The number of amides is 1. The molecule has 1 amide bonds. The maximum atomic E-state index is 13.0. The fourth-order valence-corrected chi connectivity index (χ4v) is 6.73. The number of rotatable bonds is 6. The number of hydrogen-bond acceptors (Lipinski definition) is 6. The van der Waals surface area contributed by atoms with E-state index in [0.717, 1.165) is 52.1 Å². The Morgan fingerprint density at radius 2 is 1.55 bits per heavy atom. The summed E-state index contributed by atoms with van der Waals surface area (Å²) in [5.41, 5.74) is 2.54. The Morgan fingerprint density at radius 1 is 0.968 bits per heavy atom. The van der Waals surface area contributed by atoms with Crippen LogP contribution in [0, 0.1) is 11.8 Å². The highest BCUT2D eigenvalue weighted by atomic mass is 32.2. The quantitative estimate of drug-likeness (QED) is 0.656. The summed E-state index contributed by atoms with van der Waals surface area (Å²) >= 11 is 0. The first-order chi connectivity index (χ1) is 14.6. The van der Waals surface area contributed by atoms with E-state index in [0.29, 0.717) is 6.42 Å². The van der Waals surface area contributed by atoms with E-state index in [9.17, 15) is 13.2 Å². The Morgan fingerprint density at radius 3 is 2.10 bits per heavy atom. The predicted octanol–water partition coefficient (Wildman–Crippen LogP) is 1.45. The van der Waals surface area contributed by atoms with Crippen molar-refractivity contribution in [1.82, 2.24) is 19.0 Å². The van der Waals surface area contributed by atoms with Gasteiger partial charge in [0.2, 0.25) is 15.9 Å². The molecule has 0 radical (unpaired) electrons. The average Bonchev–Trinajstić information content (AvgIpc) is 3.21. The van der Waals surface area contributed by atoms with Crippen LogP contribution < -0.4 is 0 Å². The van der Waals surface area contributed by atoms with Crippen molar-refractivity contribution in [3.05, 3.63) is 35.4 Å². The van der Waals surface area contributed by atoms with Gasteiger partial charge in [0.05, 0.1) is 18.2 Å². The molecule has 0 aliphatic carbocycles. The van der Waals surface area contributed by atoms with E-state index in [1.807, 2.05) is 13.8 Å². The van der Waals surface area contributed by atoms with Crippen LogP contribution in [0.15, 0.2) is 24.3 Å². The molecule has 1 aromatic rings. The maximum Gasteiger partial charge on any atom is 0.241 e. The lowest BCUT2D eigenvalue weighted by atomic mass is 9.88. The van der Waals surface area contributed by atoms with Gasteiger partial charge in [-0.15, -0.1) is 0 Å². The van der Waals surface area contributed by atoms with Crippen LogP contribution in [0.4, 0.5) is 0 Å². The molecular weight excluding hydrogens is 412 g/mol. The molecule has 3 heterocycles. The van der Waals surface area contributed by atoms with Crippen LogP contribution in [0.2, 0.25) is 0 Å². The summed E-state index contributed by atoms with van der Waals surface area (Å²) in [6.45, 7) is 11.1. The van der Waals surface area contributed by atoms with Crippen molar-refractivity contribution >= 4 is 15.9 Å². The van der Waals surface area contributed by atoms with Crippen molar-refractivity contribution in [1.29, 1.82) is 0 Å². The average molecular weight is 449 g/mol. The monoisotopic (exact) mass is 448 g/mol. The number of sulfonamides is 1. The Kier molecular flexibility index (Phi) is 6.45. The maximum absolute atomic E-state index is 13.0. The standard InChI is InChI=1S/C23H36N4O3S/c1-17(2)21-22-20(27(23(21)28)31(4,29)30)9-10-26(22)16-19-7-5-18(6-8-19)15-25-13-11-24(3)12-14-25/h5-8,17,20-22H,9-16H2,1-4H3/t20-,21+,22-/m0/s1. The number of carbonyl (C=O) groups excluding carboxylic acids is 1. The Bertz CT molecular complexity index is 894. The Labute approximate surface area is 187 Å². The molecule has 4 rings (SSSR count). The van der Waals surface area contributed by atoms with E-state index in [1.54, 1.807) is 0 Å². The highest BCUT2D eigenvalue weighted by Crippen LogP contribution is 2.41. The first-order valence-electron chi connectivity index (χ1n) is 11.4. The summed E-state index contributed by atoms with van der Waals surface area (Å²) in [4.78, 5) is 20.2. The molecule has 0 unspecified atom stereocenters.